The van der Waals surface area contributed by atoms with E-state index in [1.807, 2.05) is 0 Å². The van der Waals surface area contributed by atoms with Gasteiger partial charge in [-0.25, -0.2) is 18.4 Å². The van der Waals surface area contributed by atoms with E-state index in [2.05, 4.69) is 14.9 Å². The lowest BCUT2D eigenvalue weighted by Crippen LogP contribution is -2.52. The molecule has 1 aromatic heterocycles. The molecule has 0 amide bonds. The summed E-state index contributed by atoms with van der Waals surface area (Å²) in [6, 6.07) is 0.104. The molecule has 1 unspecified atom stereocenters. The third-order valence-corrected chi connectivity index (χ3v) is 7.34. The SMILES string of the molecule is Cc1nc2c(c(C3(S(C)(=O)=O)CCOCC3)n1)OCC1COCCN21. The first kappa shape index (κ1) is 17.0. The molecule has 0 bridgehead atoms. The highest BCUT2D eigenvalue weighted by molar-refractivity contribution is 7.91. The van der Waals surface area contributed by atoms with Crippen molar-refractivity contribution in [3.63, 3.8) is 0 Å². The number of aromatic nitrogens is 2. The molecule has 2 fully saturated rings. The normalized spacial score (nSPS) is 25.7. The average molecular weight is 369 g/mol. The van der Waals surface area contributed by atoms with Crippen LogP contribution in [-0.4, -0.2) is 70.3 Å². The van der Waals surface area contributed by atoms with Gasteiger partial charge in [0.05, 0.1) is 19.3 Å². The molecule has 138 valence electrons. The van der Waals surface area contributed by atoms with Crippen LogP contribution in [0.25, 0.3) is 0 Å². The van der Waals surface area contributed by atoms with E-state index in [-0.39, 0.29) is 6.04 Å². The second-order valence-electron chi connectivity index (χ2n) is 6.88. The Kier molecular flexibility index (Phi) is 4.12. The predicted octanol–water partition coefficient (Wildman–Crippen LogP) is 0.433. The molecule has 0 aliphatic carbocycles. The quantitative estimate of drug-likeness (QED) is 0.741. The summed E-state index contributed by atoms with van der Waals surface area (Å²) in [6.45, 7) is 4.95. The number of ether oxygens (including phenoxy) is 3. The zero-order chi connectivity index (χ0) is 17.7. The molecule has 3 aliphatic heterocycles. The van der Waals surface area contributed by atoms with Crippen LogP contribution in [0, 0.1) is 6.92 Å². The third kappa shape index (κ3) is 2.69. The van der Waals surface area contributed by atoms with Gasteiger partial charge in [0.25, 0.3) is 0 Å². The second-order valence-corrected chi connectivity index (χ2v) is 9.21. The summed E-state index contributed by atoms with van der Waals surface area (Å²) in [5, 5.41) is 0. The van der Waals surface area contributed by atoms with Gasteiger partial charge < -0.3 is 19.1 Å². The zero-order valence-corrected chi connectivity index (χ0v) is 15.3. The molecule has 0 spiro atoms. The van der Waals surface area contributed by atoms with Crippen molar-refractivity contribution < 1.29 is 22.6 Å². The fourth-order valence-corrected chi connectivity index (χ4v) is 5.32. The van der Waals surface area contributed by atoms with E-state index in [1.165, 1.54) is 6.26 Å². The van der Waals surface area contributed by atoms with Crippen LogP contribution in [0.5, 0.6) is 5.75 Å². The molecule has 4 heterocycles. The largest absolute Gasteiger partial charge is 0.486 e. The minimum Gasteiger partial charge on any atom is -0.486 e. The van der Waals surface area contributed by atoms with E-state index in [0.29, 0.717) is 75.5 Å². The highest BCUT2D eigenvalue weighted by Crippen LogP contribution is 2.47. The smallest absolute Gasteiger partial charge is 0.185 e. The van der Waals surface area contributed by atoms with E-state index >= 15 is 0 Å². The van der Waals surface area contributed by atoms with Crippen molar-refractivity contribution >= 4 is 15.7 Å². The molecular weight excluding hydrogens is 346 g/mol. The van der Waals surface area contributed by atoms with Crippen LogP contribution in [-0.2, 0) is 24.1 Å². The number of fused-ring (bicyclic) bond motifs is 3. The van der Waals surface area contributed by atoms with Crippen LogP contribution in [0.1, 0.15) is 24.4 Å². The minimum atomic E-state index is -3.41. The van der Waals surface area contributed by atoms with E-state index < -0.39 is 14.6 Å². The second kappa shape index (κ2) is 6.07. The van der Waals surface area contributed by atoms with Crippen LogP contribution in [0.2, 0.25) is 0 Å². The van der Waals surface area contributed by atoms with Crippen LogP contribution >= 0.6 is 0 Å². The van der Waals surface area contributed by atoms with Crippen molar-refractivity contribution in [3.8, 4) is 5.75 Å². The van der Waals surface area contributed by atoms with Gasteiger partial charge in [0, 0.05) is 26.0 Å². The zero-order valence-electron chi connectivity index (χ0n) is 14.5. The third-order valence-electron chi connectivity index (χ3n) is 5.32. The van der Waals surface area contributed by atoms with Gasteiger partial charge in [0.1, 0.15) is 22.9 Å². The van der Waals surface area contributed by atoms with Crippen LogP contribution in [0.4, 0.5) is 5.82 Å². The molecule has 0 aromatic carbocycles. The van der Waals surface area contributed by atoms with Crippen molar-refractivity contribution in [2.24, 2.45) is 0 Å². The number of rotatable bonds is 2. The van der Waals surface area contributed by atoms with Crippen LogP contribution in [0.3, 0.4) is 0 Å². The molecule has 1 aromatic rings. The average Bonchev–Trinajstić information content (AvgIpc) is 2.60. The van der Waals surface area contributed by atoms with Crippen molar-refractivity contribution in [1.82, 2.24) is 9.97 Å². The molecule has 1 atom stereocenters. The summed E-state index contributed by atoms with van der Waals surface area (Å²) in [6.07, 6.45) is 2.04. The molecule has 25 heavy (non-hydrogen) atoms. The van der Waals surface area contributed by atoms with Gasteiger partial charge in [0.15, 0.2) is 21.4 Å². The molecule has 0 radical (unpaired) electrons. The fraction of sp³-hybridized carbons (Fsp3) is 0.750. The Morgan fingerprint density at radius 3 is 2.60 bits per heavy atom. The Morgan fingerprint density at radius 2 is 1.88 bits per heavy atom. The molecule has 8 nitrogen and oxygen atoms in total. The molecular formula is C16H23N3O5S. The van der Waals surface area contributed by atoms with E-state index in [0.717, 1.165) is 0 Å². The van der Waals surface area contributed by atoms with Gasteiger partial charge in [-0.05, 0) is 19.8 Å². The first-order valence-electron chi connectivity index (χ1n) is 8.56. The fourth-order valence-electron chi connectivity index (χ4n) is 3.92. The Hall–Kier alpha value is -1.45. The van der Waals surface area contributed by atoms with Gasteiger partial charge in [0.2, 0.25) is 0 Å². The summed E-state index contributed by atoms with van der Waals surface area (Å²) in [5.74, 6) is 1.76. The van der Waals surface area contributed by atoms with Crippen LogP contribution in [0.15, 0.2) is 0 Å². The number of morpholine rings is 1. The van der Waals surface area contributed by atoms with Gasteiger partial charge >= 0.3 is 0 Å². The van der Waals surface area contributed by atoms with Crippen molar-refractivity contribution in [1.29, 1.82) is 0 Å². The number of nitrogens with zero attached hydrogens (tertiary/aromatic N) is 3. The number of hydrogen-bond donors (Lipinski definition) is 0. The van der Waals surface area contributed by atoms with E-state index in [9.17, 15) is 8.42 Å². The van der Waals surface area contributed by atoms with E-state index in [4.69, 9.17) is 14.2 Å². The Morgan fingerprint density at radius 1 is 1.12 bits per heavy atom. The standard InChI is InChI=1S/C16H23N3O5S/c1-11-17-14(16(25(2,20)21)3-6-22-7-4-16)13-15(18-11)19-5-8-23-9-12(19)10-24-13/h12H,3-10H2,1-2H3. The maximum atomic E-state index is 12.8. The van der Waals surface area contributed by atoms with Crippen molar-refractivity contribution in [2.75, 3.05) is 50.7 Å². The first-order chi connectivity index (χ1) is 11.9. The summed E-state index contributed by atoms with van der Waals surface area (Å²) in [4.78, 5) is 11.3. The molecule has 3 aliphatic rings. The number of aryl methyl sites for hydroxylation is 1. The molecule has 4 rings (SSSR count). The lowest BCUT2D eigenvalue weighted by atomic mass is 9.93. The lowest BCUT2D eigenvalue weighted by Gasteiger charge is -2.43. The first-order valence-corrected chi connectivity index (χ1v) is 10.5. The molecule has 0 N–H and O–H groups in total. The minimum absolute atomic E-state index is 0.104. The maximum absolute atomic E-state index is 12.8. The summed E-state index contributed by atoms with van der Waals surface area (Å²) >= 11 is 0. The predicted molar refractivity (Wildman–Crippen MR) is 90.8 cm³/mol. The van der Waals surface area contributed by atoms with Gasteiger partial charge in [-0.1, -0.05) is 0 Å². The van der Waals surface area contributed by atoms with E-state index in [1.54, 1.807) is 6.92 Å². The van der Waals surface area contributed by atoms with Crippen molar-refractivity contribution in [2.45, 2.75) is 30.6 Å². The molecule has 9 heteroatoms. The summed E-state index contributed by atoms with van der Waals surface area (Å²) in [5.41, 5.74) is 0.491. The Labute approximate surface area is 147 Å². The lowest BCUT2D eigenvalue weighted by molar-refractivity contribution is 0.0638. The highest BCUT2D eigenvalue weighted by atomic mass is 32.2. The maximum Gasteiger partial charge on any atom is 0.185 e. The molecule has 2 saturated heterocycles. The van der Waals surface area contributed by atoms with Crippen LogP contribution < -0.4 is 9.64 Å². The molecule has 0 saturated carbocycles. The Balaban J connectivity index is 1.89. The Bertz CT molecular complexity index is 776. The number of hydrogen-bond acceptors (Lipinski definition) is 8. The van der Waals surface area contributed by atoms with Gasteiger partial charge in [-0.2, -0.15) is 0 Å². The summed E-state index contributed by atoms with van der Waals surface area (Å²) < 4.78 is 41.4. The highest BCUT2D eigenvalue weighted by Gasteiger charge is 2.49. The topological polar surface area (TPSA) is 90.9 Å². The van der Waals surface area contributed by atoms with Crippen molar-refractivity contribution in [3.05, 3.63) is 11.5 Å². The van der Waals surface area contributed by atoms with Gasteiger partial charge in [-0.15, -0.1) is 0 Å². The number of anilines is 1. The summed E-state index contributed by atoms with van der Waals surface area (Å²) in [7, 11) is -3.41. The van der Waals surface area contributed by atoms with Gasteiger partial charge in [-0.3, -0.25) is 0 Å². The monoisotopic (exact) mass is 369 g/mol. The number of sulfone groups is 1.